The van der Waals surface area contributed by atoms with Gasteiger partial charge in [-0.15, -0.1) is 20.4 Å². The molecule has 2 atom stereocenters. The summed E-state index contributed by atoms with van der Waals surface area (Å²) in [7, 11) is 0. The summed E-state index contributed by atoms with van der Waals surface area (Å²) in [5.74, 6) is -0.181. The molecule has 4 saturated heterocycles. The van der Waals surface area contributed by atoms with Gasteiger partial charge in [-0.3, -0.25) is 24.0 Å². The third kappa shape index (κ3) is 12.5. The Morgan fingerprint density at radius 3 is 1.45 bits per heavy atom. The van der Waals surface area contributed by atoms with Crippen LogP contribution < -0.4 is 43.0 Å². The molecule has 5 aliphatic rings. The number of rotatable bonds is 12. The van der Waals surface area contributed by atoms with Gasteiger partial charge in [0, 0.05) is 92.9 Å². The van der Waals surface area contributed by atoms with Crippen molar-refractivity contribution in [2.75, 3.05) is 99.2 Å². The summed E-state index contributed by atoms with van der Waals surface area (Å²) in [5, 5.41) is 25.6. The Kier molecular flexibility index (Phi) is 16.0. The number of nitrogens with one attached hydrogen (secondary N) is 3. The summed E-state index contributed by atoms with van der Waals surface area (Å²) >= 11 is 0. The Bertz CT molecular complexity index is 2440. The lowest BCUT2D eigenvalue weighted by Gasteiger charge is -2.33. The van der Waals surface area contributed by atoms with E-state index >= 15 is 0 Å². The van der Waals surface area contributed by atoms with E-state index < -0.39 is 11.8 Å². The number of aromatic nitrogens is 6. The number of morpholine rings is 2. The van der Waals surface area contributed by atoms with Crippen LogP contribution in [0.4, 0.5) is 34.9 Å². The van der Waals surface area contributed by atoms with Gasteiger partial charge in [0.25, 0.3) is 23.6 Å². The van der Waals surface area contributed by atoms with E-state index in [-0.39, 0.29) is 58.7 Å². The van der Waals surface area contributed by atoms with Crippen molar-refractivity contribution < 1.29 is 33.4 Å². The minimum Gasteiger partial charge on any atom is -0.378 e. The number of amides is 5. The summed E-state index contributed by atoms with van der Waals surface area (Å²) in [6.45, 7) is 7.13. The molecule has 23 nitrogen and oxygen atoms in total. The van der Waals surface area contributed by atoms with Gasteiger partial charge in [0.15, 0.2) is 23.0 Å². The number of primary amides is 2. The third-order valence-electron chi connectivity index (χ3n) is 12.7. The number of ether oxygens (including phenoxy) is 2. The Labute approximate surface area is 399 Å². The monoisotopic (exact) mass is 948 g/mol. The zero-order valence-corrected chi connectivity index (χ0v) is 38.6. The summed E-state index contributed by atoms with van der Waals surface area (Å²) in [6, 6.07) is 13.9. The van der Waals surface area contributed by atoms with Crippen LogP contribution in [0.3, 0.4) is 0 Å². The number of carbonyl (C=O) groups is 5. The fourth-order valence-electron chi connectivity index (χ4n) is 8.95. The second-order valence-corrected chi connectivity index (χ2v) is 17.7. The maximum absolute atomic E-state index is 12.7. The minimum absolute atomic E-state index is 0.00391. The maximum Gasteiger partial charge on any atom is 0.273 e. The second-order valence-electron chi connectivity index (χ2n) is 17.7. The molecule has 1 saturated carbocycles. The van der Waals surface area contributed by atoms with Crippen molar-refractivity contribution in [3.8, 4) is 0 Å². The van der Waals surface area contributed by atoms with Gasteiger partial charge in [0.05, 0.1) is 26.4 Å². The first kappa shape index (κ1) is 48.4. The lowest BCUT2D eigenvalue weighted by molar-refractivity contribution is -0.125. The number of anilines is 6. The average molecular weight is 949 g/mol. The summed E-state index contributed by atoms with van der Waals surface area (Å²) in [4.78, 5) is 78.3. The number of carbonyl (C=O) groups excluding carboxylic acids is 5. The number of piperidine rings is 2. The lowest BCUT2D eigenvalue weighted by atomic mass is 10.0. The Hall–Kier alpha value is -7.11. The van der Waals surface area contributed by atoms with E-state index in [2.05, 4.69) is 46.3 Å². The van der Waals surface area contributed by atoms with Gasteiger partial charge >= 0.3 is 0 Å². The van der Waals surface area contributed by atoms with Crippen molar-refractivity contribution in [3.05, 3.63) is 71.0 Å². The zero-order valence-electron chi connectivity index (χ0n) is 38.6. The Morgan fingerprint density at radius 2 is 1.00 bits per heavy atom. The highest BCUT2D eigenvalue weighted by Crippen LogP contribution is 2.27. The molecular formula is C46H60N16O7. The van der Waals surface area contributed by atoms with E-state index in [1.54, 1.807) is 58.3 Å². The van der Waals surface area contributed by atoms with Gasteiger partial charge < -0.3 is 62.2 Å². The van der Waals surface area contributed by atoms with Crippen LogP contribution in [0.1, 0.15) is 93.1 Å². The van der Waals surface area contributed by atoms with Crippen LogP contribution in [-0.2, 0) is 14.3 Å². The molecule has 2 aromatic heterocycles. The third-order valence-corrected chi connectivity index (χ3v) is 12.7. The first-order chi connectivity index (χ1) is 33.5. The largest absolute Gasteiger partial charge is 0.378 e. The van der Waals surface area contributed by atoms with Crippen LogP contribution in [0.25, 0.3) is 0 Å². The number of hydrogen-bond acceptors (Lipinski definition) is 18. The van der Waals surface area contributed by atoms with E-state index in [0.29, 0.717) is 107 Å². The van der Waals surface area contributed by atoms with E-state index in [0.717, 1.165) is 57.9 Å². The average Bonchev–Trinajstić information content (AvgIpc) is 3.93. The van der Waals surface area contributed by atoms with Crippen molar-refractivity contribution in [1.82, 2.24) is 45.5 Å². The topological polar surface area (TPSA) is 308 Å². The second kappa shape index (κ2) is 22.8. The van der Waals surface area contributed by atoms with Crippen LogP contribution in [0.15, 0.2) is 48.5 Å². The van der Waals surface area contributed by atoms with Crippen LogP contribution in [0.2, 0.25) is 0 Å². The van der Waals surface area contributed by atoms with Crippen LogP contribution >= 0.6 is 0 Å². The first-order valence-electron chi connectivity index (χ1n) is 23.6. The van der Waals surface area contributed by atoms with Gasteiger partial charge in [-0.05, 0) is 87.1 Å². The number of nitrogens with two attached hydrogens (primary N) is 3. The number of benzene rings is 2. The zero-order chi connectivity index (χ0) is 48.3. The molecule has 5 fully saturated rings. The standard InChI is InChI=1S/C26H34N8O4.C20H26N8O3/c27-22(35)21-23(28-19-9-7-18(8-10-19)25(37)33-12-14-38-15-13-33)30-26(32-31-21)34-11-3-6-20(16-34)29-24(36)17-4-1-2-5-17;21-14-2-1-7-28(12-14)20-24-18(16(17(22)29)25-26-20)23-15-5-3-13(4-6-15)19(30)27-8-10-31-11-9-27/h7-10,17,20H,1-6,11-16H2,(H2,27,35)(H,29,36)(H,28,30,32);3-6,14H,1-2,7-12,21H2,(H2,22,29)(H,23,24,26)/t20-;14-/m11/s1. The Balaban J connectivity index is 0.000000190. The number of nitrogens with zero attached hydrogens (tertiary/aromatic N) is 10. The Morgan fingerprint density at radius 1 is 0.551 bits per heavy atom. The molecule has 2 aromatic carbocycles. The van der Waals surface area contributed by atoms with Gasteiger partial charge in [-0.1, -0.05) is 12.8 Å². The molecule has 9 rings (SSSR count). The first-order valence-corrected chi connectivity index (χ1v) is 23.6. The van der Waals surface area contributed by atoms with Crippen molar-refractivity contribution in [2.45, 2.75) is 63.5 Å². The van der Waals surface area contributed by atoms with Gasteiger partial charge in [-0.2, -0.15) is 9.97 Å². The summed E-state index contributed by atoms with van der Waals surface area (Å²) in [5.41, 5.74) is 19.3. The highest BCUT2D eigenvalue weighted by molar-refractivity contribution is 5.98. The molecule has 0 bridgehead atoms. The minimum atomic E-state index is -0.751. The van der Waals surface area contributed by atoms with E-state index in [9.17, 15) is 24.0 Å². The van der Waals surface area contributed by atoms with Crippen LogP contribution in [-0.4, -0.2) is 161 Å². The summed E-state index contributed by atoms with van der Waals surface area (Å²) < 4.78 is 10.6. The fraction of sp³-hybridized carbons (Fsp3) is 0.500. The van der Waals surface area contributed by atoms with E-state index in [1.165, 1.54) is 0 Å². The SMILES string of the molecule is NC(=O)c1nnc(N2CCC[C@@H](N)C2)nc1Nc1ccc(C(=O)N2CCOCC2)cc1.NC(=O)c1nnc(N2CCC[C@@H](NC(=O)C3CCCC3)C2)nc1Nc1ccc(C(=O)N2CCOCC2)cc1. The molecule has 0 spiro atoms. The number of hydrogen-bond donors (Lipinski definition) is 6. The van der Waals surface area contributed by atoms with Gasteiger partial charge in [-0.25, -0.2) is 0 Å². The van der Waals surface area contributed by atoms with Crippen molar-refractivity contribution in [3.63, 3.8) is 0 Å². The van der Waals surface area contributed by atoms with Crippen LogP contribution in [0.5, 0.6) is 0 Å². The lowest BCUT2D eigenvalue weighted by Crippen LogP contribution is -2.49. The highest BCUT2D eigenvalue weighted by Gasteiger charge is 2.30. The maximum atomic E-state index is 12.7. The molecule has 9 N–H and O–H groups in total. The van der Waals surface area contributed by atoms with Gasteiger partial charge in [0.1, 0.15) is 0 Å². The van der Waals surface area contributed by atoms with E-state index in [4.69, 9.17) is 26.7 Å². The molecule has 5 amide bonds. The molecule has 0 unspecified atom stereocenters. The van der Waals surface area contributed by atoms with Gasteiger partial charge in [0.2, 0.25) is 17.8 Å². The molecule has 0 radical (unpaired) electrons. The smallest absolute Gasteiger partial charge is 0.273 e. The van der Waals surface area contributed by atoms with Crippen molar-refractivity contribution in [1.29, 1.82) is 0 Å². The molecule has 4 aliphatic heterocycles. The molecule has 6 heterocycles. The molecule has 366 valence electrons. The predicted molar refractivity (Wildman–Crippen MR) is 254 cm³/mol. The van der Waals surface area contributed by atoms with Crippen molar-refractivity contribution >= 4 is 64.4 Å². The summed E-state index contributed by atoms with van der Waals surface area (Å²) in [6.07, 6.45) is 7.79. The normalized spacial score (nSPS) is 19.8. The highest BCUT2D eigenvalue weighted by atomic mass is 16.5. The molecule has 1 aliphatic carbocycles. The van der Waals surface area contributed by atoms with E-state index in [1.807, 2.05) is 9.80 Å². The van der Waals surface area contributed by atoms with Crippen molar-refractivity contribution in [2.24, 2.45) is 23.1 Å². The fourth-order valence-corrected chi connectivity index (χ4v) is 8.95. The molecule has 4 aromatic rings. The predicted octanol–water partition coefficient (Wildman–Crippen LogP) is 1.58. The molecule has 69 heavy (non-hydrogen) atoms. The molecule has 23 heteroatoms. The van der Waals surface area contributed by atoms with Crippen LogP contribution in [0, 0.1) is 5.92 Å². The quantitative estimate of drug-likeness (QED) is 0.117. The molecular weight excluding hydrogens is 889 g/mol.